The van der Waals surface area contributed by atoms with E-state index in [0.717, 1.165) is 0 Å². The Hall–Kier alpha value is -2.90. The summed E-state index contributed by atoms with van der Waals surface area (Å²) in [4.78, 5) is 37.7. The van der Waals surface area contributed by atoms with Crippen LogP contribution in [-0.2, 0) is 14.3 Å². The molecule has 0 aliphatic heterocycles. The summed E-state index contributed by atoms with van der Waals surface area (Å²) in [7, 11) is 2.42. The van der Waals surface area contributed by atoms with Crippen molar-refractivity contribution < 1.29 is 29.0 Å². The monoisotopic (exact) mass is 308 g/mol. The molecule has 2 N–H and O–H groups in total. The number of nitrogens with zero attached hydrogens (tertiary/aromatic N) is 1. The predicted molar refractivity (Wildman–Crippen MR) is 77.3 cm³/mol. The first-order valence-corrected chi connectivity index (χ1v) is 6.29. The van der Waals surface area contributed by atoms with Crippen LogP contribution in [0.2, 0.25) is 0 Å². The fourth-order valence-corrected chi connectivity index (χ4v) is 1.54. The molecular formula is C14H16N2O6. The van der Waals surface area contributed by atoms with E-state index in [-0.39, 0.29) is 29.9 Å². The summed E-state index contributed by atoms with van der Waals surface area (Å²) in [6, 6.07) is 6.05. The Morgan fingerprint density at radius 2 is 1.82 bits per heavy atom. The minimum absolute atomic E-state index is 0.0193. The van der Waals surface area contributed by atoms with Crippen LogP contribution in [0.5, 0.6) is 0 Å². The van der Waals surface area contributed by atoms with Gasteiger partial charge in [-0.05, 0) is 12.1 Å². The molecule has 8 heteroatoms. The number of amides is 1. The average molecular weight is 308 g/mol. The molecule has 0 bridgehead atoms. The maximum atomic E-state index is 11.3. The van der Waals surface area contributed by atoms with Gasteiger partial charge in [-0.15, -0.1) is 0 Å². The molecule has 0 heterocycles. The van der Waals surface area contributed by atoms with Crippen LogP contribution < -0.4 is 5.32 Å². The summed E-state index contributed by atoms with van der Waals surface area (Å²) in [5, 5.41) is 11.5. The first-order chi connectivity index (χ1) is 10.5. The van der Waals surface area contributed by atoms with Crippen molar-refractivity contribution in [3.63, 3.8) is 0 Å². The average Bonchev–Trinajstić information content (AvgIpc) is 2.52. The molecule has 0 atom stereocenters. The number of aromatic carboxylic acids is 1. The minimum atomic E-state index is -1.15. The number of carbonyl (C=O) groups is 3. The largest absolute Gasteiger partial charge is 0.478 e. The molecule has 0 aliphatic rings. The maximum Gasteiger partial charge on any atom is 0.412 e. The van der Waals surface area contributed by atoms with Gasteiger partial charge in [-0.25, -0.2) is 14.6 Å². The highest BCUT2D eigenvalue weighted by Crippen LogP contribution is 2.19. The van der Waals surface area contributed by atoms with E-state index < -0.39 is 18.0 Å². The Kier molecular flexibility index (Phi) is 6.55. The minimum Gasteiger partial charge on any atom is -0.478 e. The van der Waals surface area contributed by atoms with Crippen LogP contribution in [-0.4, -0.2) is 43.2 Å². The van der Waals surface area contributed by atoms with E-state index in [2.05, 4.69) is 19.8 Å². The van der Waals surface area contributed by atoms with E-state index in [4.69, 9.17) is 5.11 Å². The molecule has 0 saturated carbocycles. The lowest BCUT2D eigenvalue weighted by Crippen LogP contribution is -2.30. The van der Waals surface area contributed by atoms with Gasteiger partial charge in [0.1, 0.15) is 5.84 Å². The van der Waals surface area contributed by atoms with Crippen LogP contribution in [0.4, 0.5) is 10.5 Å². The second-order valence-electron chi connectivity index (χ2n) is 4.07. The Balaban J connectivity index is 3.05. The molecule has 0 aromatic heterocycles. The molecule has 1 rings (SSSR count). The first kappa shape index (κ1) is 17.2. The molecule has 0 saturated heterocycles. The van der Waals surface area contributed by atoms with Crippen molar-refractivity contribution in [1.29, 1.82) is 0 Å². The van der Waals surface area contributed by atoms with Crippen LogP contribution >= 0.6 is 0 Å². The van der Waals surface area contributed by atoms with Crippen molar-refractivity contribution in [3.05, 3.63) is 29.8 Å². The lowest BCUT2D eigenvalue weighted by atomic mass is 10.2. The normalized spacial score (nSPS) is 10.7. The molecule has 8 nitrogen and oxygen atoms in total. The lowest BCUT2D eigenvalue weighted by molar-refractivity contribution is -0.140. The van der Waals surface area contributed by atoms with Crippen molar-refractivity contribution in [2.45, 2.75) is 12.8 Å². The number of hydrogen-bond acceptors (Lipinski definition) is 6. The van der Waals surface area contributed by atoms with Crippen molar-refractivity contribution >= 4 is 29.6 Å². The Morgan fingerprint density at radius 3 is 2.41 bits per heavy atom. The zero-order valence-electron chi connectivity index (χ0n) is 12.2. The number of carboxylic acid groups (broad SMARTS) is 1. The standard InChI is InChI=1S/C14H16N2O6/c1-21-12(17)8-7-11(16-14(20)22-2)15-10-6-4-3-5-9(10)13(18)19/h3-6H,7-8H2,1-2H3,(H,18,19)(H,15,16,20). The fourth-order valence-electron chi connectivity index (χ4n) is 1.54. The molecule has 0 aliphatic carbocycles. The van der Waals surface area contributed by atoms with Gasteiger partial charge in [0.25, 0.3) is 0 Å². The van der Waals surface area contributed by atoms with Gasteiger partial charge in [0.05, 0.1) is 31.9 Å². The number of methoxy groups -OCH3 is 2. The number of para-hydroxylation sites is 1. The molecule has 1 amide bonds. The topological polar surface area (TPSA) is 114 Å². The molecule has 0 unspecified atom stereocenters. The van der Waals surface area contributed by atoms with Crippen LogP contribution in [0.15, 0.2) is 29.3 Å². The Bertz CT molecular complexity index is 597. The summed E-state index contributed by atoms with van der Waals surface area (Å²) in [5.41, 5.74) is 0.135. The van der Waals surface area contributed by atoms with Crippen molar-refractivity contribution in [3.8, 4) is 0 Å². The number of aliphatic imine (C=N–C) groups is 1. The van der Waals surface area contributed by atoms with Gasteiger partial charge in [-0.2, -0.15) is 0 Å². The zero-order chi connectivity index (χ0) is 16.5. The van der Waals surface area contributed by atoms with Crippen molar-refractivity contribution in [1.82, 2.24) is 5.32 Å². The number of carbonyl (C=O) groups excluding carboxylic acids is 2. The van der Waals surface area contributed by atoms with Gasteiger partial charge in [-0.3, -0.25) is 10.1 Å². The summed E-state index contributed by atoms with van der Waals surface area (Å²) in [5.74, 6) is -1.53. The van der Waals surface area contributed by atoms with E-state index in [1.807, 2.05) is 0 Å². The van der Waals surface area contributed by atoms with E-state index in [9.17, 15) is 14.4 Å². The van der Waals surface area contributed by atoms with Gasteiger partial charge >= 0.3 is 18.0 Å². The molecule has 0 radical (unpaired) electrons. The second-order valence-corrected chi connectivity index (χ2v) is 4.07. The molecule has 1 aromatic rings. The third-order valence-electron chi connectivity index (χ3n) is 2.62. The highest BCUT2D eigenvalue weighted by Gasteiger charge is 2.13. The number of nitrogens with one attached hydrogen (secondary N) is 1. The smallest absolute Gasteiger partial charge is 0.412 e. The SMILES string of the molecule is COC(=O)CCC(=Nc1ccccc1C(=O)O)NC(=O)OC. The third-order valence-corrected chi connectivity index (χ3v) is 2.62. The van der Waals surface area contributed by atoms with Gasteiger partial charge < -0.3 is 14.6 Å². The molecular weight excluding hydrogens is 292 g/mol. The third kappa shape index (κ3) is 5.23. The van der Waals surface area contributed by atoms with Crippen LogP contribution in [0, 0.1) is 0 Å². The van der Waals surface area contributed by atoms with Crippen molar-refractivity contribution in [2.24, 2.45) is 4.99 Å². The Labute approximate surface area is 126 Å². The number of ether oxygens (including phenoxy) is 2. The number of carboxylic acids is 1. The van der Waals surface area contributed by atoms with Crippen molar-refractivity contribution in [2.75, 3.05) is 14.2 Å². The molecule has 118 valence electrons. The van der Waals surface area contributed by atoms with E-state index in [0.29, 0.717) is 0 Å². The number of esters is 1. The highest BCUT2D eigenvalue weighted by molar-refractivity contribution is 6.00. The fraction of sp³-hybridized carbons (Fsp3) is 0.286. The van der Waals surface area contributed by atoms with E-state index in [1.54, 1.807) is 12.1 Å². The van der Waals surface area contributed by atoms with E-state index >= 15 is 0 Å². The van der Waals surface area contributed by atoms with Crippen LogP contribution in [0.25, 0.3) is 0 Å². The summed E-state index contributed by atoms with van der Waals surface area (Å²) in [6.45, 7) is 0. The number of benzene rings is 1. The first-order valence-electron chi connectivity index (χ1n) is 6.29. The van der Waals surface area contributed by atoms with E-state index in [1.165, 1.54) is 26.4 Å². The number of amidine groups is 1. The second kappa shape index (κ2) is 8.40. The van der Waals surface area contributed by atoms with Crippen LogP contribution in [0.1, 0.15) is 23.2 Å². The van der Waals surface area contributed by atoms with Crippen LogP contribution in [0.3, 0.4) is 0 Å². The van der Waals surface area contributed by atoms with Gasteiger partial charge in [0, 0.05) is 6.42 Å². The molecule has 0 spiro atoms. The van der Waals surface area contributed by atoms with Gasteiger partial charge in [0.2, 0.25) is 0 Å². The summed E-state index contributed by atoms with van der Waals surface area (Å²) >= 11 is 0. The zero-order valence-corrected chi connectivity index (χ0v) is 12.2. The maximum absolute atomic E-state index is 11.3. The molecule has 22 heavy (non-hydrogen) atoms. The van der Waals surface area contributed by atoms with Gasteiger partial charge in [0.15, 0.2) is 0 Å². The number of alkyl carbamates (subject to hydrolysis) is 1. The summed E-state index contributed by atoms with van der Waals surface area (Å²) < 4.78 is 8.98. The predicted octanol–water partition coefficient (Wildman–Crippen LogP) is 1.72. The number of rotatable bonds is 5. The number of hydrogen-bond donors (Lipinski definition) is 2. The molecule has 1 aromatic carbocycles. The summed E-state index contributed by atoms with van der Waals surface area (Å²) in [6.07, 6.45) is -0.721. The molecule has 0 fully saturated rings. The highest BCUT2D eigenvalue weighted by atomic mass is 16.5. The van der Waals surface area contributed by atoms with Gasteiger partial charge in [-0.1, -0.05) is 12.1 Å². The Morgan fingerprint density at radius 1 is 1.14 bits per heavy atom. The lowest BCUT2D eigenvalue weighted by Gasteiger charge is -2.08. The quantitative estimate of drug-likeness (QED) is 0.486.